The Bertz CT molecular complexity index is 408. The van der Waals surface area contributed by atoms with Crippen molar-refractivity contribution in [3.8, 4) is 0 Å². The average molecular weight is 437 g/mol. The van der Waals surface area contributed by atoms with Crippen molar-refractivity contribution < 1.29 is 4.74 Å². The molecular formula is C16H32IN5O. The number of nitrogens with one attached hydrogen (secondary N) is 2. The van der Waals surface area contributed by atoms with Gasteiger partial charge in [-0.25, -0.2) is 0 Å². The van der Waals surface area contributed by atoms with E-state index in [9.17, 15) is 0 Å². The highest BCUT2D eigenvalue weighted by molar-refractivity contribution is 14.0. The van der Waals surface area contributed by atoms with Gasteiger partial charge in [0.1, 0.15) is 0 Å². The Morgan fingerprint density at radius 2 is 2.09 bits per heavy atom. The third-order valence-corrected chi connectivity index (χ3v) is 5.21. The van der Waals surface area contributed by atoms with Gasteiger partial charge in [0.2, 0.25) is 0 Å². The predicted molar refractivity (Wildman–Crippen MR) is 105 cm³/mol. The summed E-state index contributed by atoms with van der Waals surface area (Å²) in [5, 5.41) is 6.98. The summed E-state index contributed by atoms with van der Waals surface area (Å²) in [6.07, 6.45) is 4.41. The molecular weight excluding hydrogens is 405 g/mol. The summed E-state index contributed by atoms with van der Waals surface area (Å²) in [6, 6.07) is 0.939. The van der Waals surface area contributed by atoms with Crippen LogP contribution in [0.3, 0.4) is 0 Å². The first-order chi connectivity index (χ1) is 10.7. The predicted octanol–water partition coefficient (Wildman–Crippen LogP) is 0.725. The minimum Gasteiger partial charge on any atom is -0.373 e. The zero-order chi connectivity index (χ0) is 15.5. The van der Waals surface area contributed by atoms with Gasteiger partial charge in [0, 0.05) is 32.2 Å². The number of guanidine groups is 1. The lowest BCUT2D eigenvalue weighted by Gasteiger charge is -2.37. The number of fused-ring (bicyclic) bond motifs is 2. The van der Waals surface area contributed by atoms with Crippen LogP contribution in [0.15, 0.2) is 4.99 Å². The van der Waals surface area contributed by atoms with Gasteiger partial charge in [-0.15, -0.1) is 24.0 Å². The molecule has 0 amide bonds. The maximum absolute atomic E-state index is 5.93. The van der Waals surface area contributed by atoms with Crippen LogP contribution in [0.2, 0.25) is 0 Å². The van der Waals surface area contributed by atoms with E-state index in [1.165, 1.54) is 12.8 Å². The van der Waals surface area contributed by atoms with E-state index in [-0.39, 0.29) is 24.0 Å². The van der Waals surface area contributed by atoms with E-state index in [1.807, 2.05) is 0 Å². The summed E-state index contributed by atoms with van der Waals surface area (Å²) >= 11 is 0. The van der Waals surface area contributed by atoms with E-state index in [0.717, 1.165) is 45.1 Å². The van der Waals surface area contributed by atoms with Crippen LogP contribution in [0.5, 0.6) is 0 Å². The molecule has 7 heteroatoms. The minimum absolute atomic E-state index is 0. The van der Waals surface area contributed by atoms with Crippen LogP contribution in [0, 0.1) is 0 Å². The first-order valence-electron chi connectivity index (χ1n) is 8.74. The Morgan fingerprint density at radius 1 is 1.26 bits per heavy atom. The summed E-state index contributed by atoms with van der Waals surface area (Å²) in [5.41, 5.74) is 0. The van der Waals surface area contributed by atoms with E-state index in [2.05, 4.69) is 41.5 Å². The number of hydrogen-bond acceptors (Lipinski definition) is 4. The largest absolute Gasteiger partial charge is 0.373 e. The highest BCUT2D eigenvalue weighted by Gasteiger charge is 2.41. The lowest BCUT2D eigenvalue weighted by molar-refractivity contribution is 0.0991. The van der Waals surface area contributed by atoms with Crippen molar-refractivity contribution in [3.63, 3.8) is 0 Å². The molecule has 23 heavy (non-hydrogen) atoms. The Balaban J connectivity index is 0.00000192. The Kier molecular flexibility index (Phi) is 7.37. The first kappa shape index (κ1) is 19.2. The highest BCUT2D eigenvalue weighted by Crippen LogP contribution is 2.34. The molecule has 3 aliphatic heterocycles. The molecule has 2 bridgehead atoms. The first-order valence-corrected chi connectivity index (χ1v) is 8.74. The smallest absolute Gasteiger partial charge is 0.191 e. The lowest BCUT2D eigenvalue weighted by Crippen LogP contribution is -2.52. The molecule has 6 nitrogen and oxygen atoms in total. The summed E-state index contributed by atoms with van der Waals surface area (Å²) < 4.78 is 5.93. The van der Waals surface area contributed by atoms with Crippen molar-refractivity contribution in [2.24, 2.45) is 4.99 Å². The normalized spacial score (nSPS) is 35.2. The van der Waals surface area contributed by atoms with Gasteiger partial charge in [0.25, 0.3) is 0 Å². The zero-order valence-electron chi connectivity index (χ0n) is 14.6. The van der Waals surface area contributed by atoms with E-state index in [4.69, 9.17) is 9.73 Å². The molecule has 0 aromatic carbocycles. The van der Waals surface area contributed by atoms with Crippen molar-refractivity contribution in [3.05, 3.63) is 0 Å². The maximum atomic E-state index is 5.93. The van der Waals surface area contributed by atoms with Crippen LogP contribution in [-0.2, 0) is 4.74 Å². The van der Waals surface area contributed by atoms with Crippen LogP contribution in [0.4, 0.5) is 0 Å². The second kappa shape index (κ2) is 8.82. The van der Waals surface area contributed by atoms with Gasteiger partial charge >= 0.3 is 0 Å². The molecule has 3 saturated heterocycles. The average Bonchev–Trinajstić information content (AvgIpc) is 3.11. The maximum Gasteiger partial charge on any atom is 0.191 e. The number of hydrogen-bond donors (Lipinski definition) is 2. The number of aliphatic imine (C=N–C) groups is 1. The van der Waals surface area contributed by atoms with Crippen molar-refractivity contribution >= 4 is 29.9 Å². The number of ether oxygens (including phenoxy) is 1. The van der Waals surface area contributed by atoms with Crippen LogP contribution in [0.25, 0.3) is 0 Å². The molecule has 4 unspecified atom stereocenters. The number of piperazine rings is 1. The summed E-state index contributed by atoms with van der Waals surface area (Å²) in [4.78, 5) is 9.66. The second-order valence-corrected chi connectivity index (χ2v) is 6.98. The summed E-state index contributed by atoms with van der Waals surface area (Å²) in [7, 11) is 4.40. The van der Waals surface area contributed by atoms with Crippen LogP contribution in [0.1, 0.15) is 26.2 Å². The lowest BCUT2D eigenvalue weighted by atomic mass is 9.96. The molecule has 3 fully saturated rings. The van der Waals surface area contributed by atoms with Crippen LogP contribution < -0.4 is 10.6 Å². The Morgan fingerprint density at radius 3 is 2.74 bits per heavy atom. The number of likely N-dealkylation sites (N-methyl/N-ethyl adjacent to an activating group) is 2. The number of rotatable bonds is 4. The van der Waals surface area contributed by atoms with Gasteiger partial charge in [-0.05, 0) is 40.3 Å². The monoisotopic (exact) mass is 437 g/mol. The molecule has 134 valence electrons. The van der Waals surface area contributed by atoms with Crippen molar-refractivity contribution in [1.82, 2.24) is 20.4 Å². The topological polar surface area (TPSA) is 52.1 Å². The van der Waals surface area contributed by atoms with E-state index in [1.54, 1.807) is 0 Å². The third kappa shape index (κ3) is 4.93. The van der Waals surface area contributed by atoms with E-state index in [0.29, 0.717) is 24.3 Å². The molecule has 0 aliphatic carbocycles. The van der Waals surface area contributed by atoms with Gasteiger partial charge in [0.15, 0.2) is 5.96 Å². The SMILES string of the molecule is CCNC(=NCC1CN(C)CCN1C)NC1CC2CCC1O2.I. The van der Waals surface area contributed by atoms with Gasteiger partial charge < -0.3 is 20.3 Å². The quantitative estimate of drug-likeness (QED) is 0.386. The van der Waals surface area contributed by atoms with E-state index >= 15 is 0 Å². The van der Waals surface area contributed by atoms with Gasteiger partial charge in [-0.2, -0.15) is 0 Å². The van der Waals surface area contributed by atoms with Crippen LogP contribution in [-0.4, -0.2) is 86.9 Å². The fraction of sp³-hybridized carbons (Fsp3) is 0.938. The summed E-state index contributed by atoms with van der Waals surface area (Å²) in [6.45, 7) is 7.23. The van der Waals surface area contributed by atoms with Crippen LogP contribution >= 0.6 is 24.0 Å². The van der Waals surface area contributed by atoms with Gasteiger partial charge in [-0.1, -0.05) is 0 Å². The van der Waals surface area contributed by atoms with Crippen molar-refractivity contribution in [2.75, 3.05) is 46.8 Å². The Labute approximate surface area is 157 Å². The molecule has 4 atom stereocenters. The van der Waals surface area contributed by atoms with Gasteiger partial charge in [0.05, 0.1) is 24.8 Å². The number of halogens is 1. The fourth-order valence-electron chi connectivity index (χ4n) is 3.78. The molecule has 3 rings (SSSR count). The third-order valence-electron chi connectivity index (χ3n) is 5.21. The van der Waals surface area contributed by atoms with Crippen molar-refractivity contribution in [1.29, 1.82) is 0 Å². The molecule has 0 aromatic rings. The molecule has 0 aromatic heterocycles. The molecule has 0 saturated carbocycles. The molecule has 3 aliphatic rings. The second-order valence-electron chi connectivity index (χ2n) is 6.98. The van der Waals surface area contributed by atoms with Gasteiger partial charge in [-0.3, -0.25) is 9.89 Å². The standard InChI is InChI=1S/C16H31N5O.HI/c1-4-17-16(19-14-9-13-5-6-15(14)22-13)18-10-12-11-20(2)7-8-21(12)3;/h12-15H,4-11H2,1-3H3,(H2,17,18,19);1H. The zero-order valence-corrected chi connectivity index (χ0v) is 17.0. The highest BCUT2D eigenvalue weighted by atomic mass is 127. The molecule has 0 radical (unpaired) electrons. The summed E-state index contributed by atoms with van der Waals surface area (Å²) in [5.74, 6) is 0.949. The fourth-order valence-corrected chi connectivity index (χ4v) is 3.78. The minimum atomic E-state index is 0. The molecule has 2 N–H and O–H groups in total. The van der Waals surface area contributed by atoms with Crippen molar-refractivity contribution in [2.45, 2.75) is 50.5 Å². The Hall–Kier alpha value is -0.120. The molecule has 0 spiro atoms. The molecule has 3 heterocycles. The number of nitrogens with zero attached hydrogens (tertiary/aromatic N) is 3. The van der Waals surface area contributed by atoms with E-state index < -0.39 is 0 Å².